The van der Waals surface area contributed by atoms with Gasteiger partial charge in [-0.25, -0.2) is 0 Å². The van der Waals surface area contributed by atoms with Crippen LogP contribution in [0.5, 0.6) is 0 Å². The molecule has 1 heterocycles. The Kier molecular flexibility index (Phi) is 6.16. The lowest BCUT2D eigenvalue weighted by Crippen LogP contribution is -2.52. The number of aryl methyl sites for hydroxylation is 1. The molecule has 0 bridgehead atoms. The number of nitrogens with one attached hydrogen (secondary N) is 1. The quantitative estimate of drug-likeness (QED) is 0.903. The highest BCUT2D eigenvalue weighted by Crippen LogP contribution is 2.11. The van der Waals surface area contributed by atoms with Crippen molar-refractivity contribution in [3.63, 3.8) is 0 Å². The topological polar surface area (TPSA) is 58.6 Å². The van der Waals surface area contributed by atoms with Crippen LogP contribution in [0.1, 0.15) is 36.2 Å². The van der Waals surface area contributed by atoms with Gasteiger partial charge in [-0.2, -0.15) is 0 Å². The molecule has 5 heteroatoms. The summed E-state index contributed by atoms with van der Waals surface area (Å²) in [4.78, 5) is 27.0. The third-order valence-corrected chi connectivity index (χ3v) is 3.91. The molecule has 1 aliphatic heterocycles. The number of carbonyl (C=O) groups is 2. The van der Waals surface area contributed by atoms with Crippen LogP contribution in [0.4, 0.5) is 0 Å². The Labute approximate surface area is 138 Å². The van der Waals surface area contributed by atoms with E-state index in [4.69, 9.17) is 4.74 Å². The minimum absolute atomic E-state index is 0.0111. The molecule has 2 amide bonds. The summed E-state index contributed by atoms with van der Waals surface area (Å²) in [6.07, 6.45) is 0.633. The normalized spacial score (nSPS) is 16.3. The number of hydrogen-bond donors (Lipinski definition) is 1. The number of benzene rings is 1. The number of amides is 2. The molecule has 1 aromatic rings. The molecule has 0 radical (unpaired) electrons. The van der Waals surface area contributed by atoms with Crippen LogP contribution in [-0.2, 0) is 9.53 Å². The summed E-state index contributed by atoms with van der Waals surface area (Å²) in [6, 6.07) is 6.92. The van der Waals surface area contributed by atoms with E-state index in [2.05, 4.69) is 19.2 Å². The molecule has 126 valence electrons. The van der Waals surface area contributed by atoms with E-state index in [0.29, 0.717) is 44.2 Å². The predicted octanol–water partition coefficient (Wildman–Crippen LogP) is 2.00. The lowest BCUT2D eigenvalue weighted by atomic mass is 10.0. The Morgan fingerprint density at radius 2 is 1.96 bits per heavy atom. The number of morpholine rings is 1. The van der Waals surface area contributed by atoms with Gasteiger partial charge in [-0.05, 0) is 31.4 Å². The molecule has 0 unspecified atom stereocenters. The van der Waals surface area contributed by atoms with E-state index in [0.717, 1.165) is 5.56 Å². The molecule has 1 atom stereocenters. The first-order chi connectivity index (χ1) is 11.0. The summed E-state index contributed by atoms with van der Waals surface area (Å²) < 4.78 is 5.29. The Bertz CT molecular complexity index is 551. The maximum atomic E-state index is 12.7. The zero-order valence-corrected chi connectivity index (χ0v) is 14.2. The largest absolute Gasteiger partial charge is 0.378 e. The molecule has 1 aromatic carbocycles. The standard InChI is InChI=1S/C18H26N2O3/c1-13(2)11-16(18(22)20-7-9-23-10-8-20)19-17(21)15-6-4-5-14(3)12-15/h4-6,12-13,16H,7-11H2,1-3H3,(H,19,21)/t16-/m0/s1. The van der Waals surface area contributed by atoms with Gasteiger partial charge in [0, 0.05) is 18.7 Å². The van der Waals surface area contributed by atoms with E-state index < -0.39 is 6.04 Å². The molecule has 0 aromatic heterocycles. The highest BCUT2D eigenvalue weighted by Gasteiger charge is 2.28. The van der Waals surface area contributed by atoms with Gasteiger partial charge in [0.1, 0.15) is 6.04 Å². The van der Waals surface area contributed by atoms with Crippen LogP contribution in [0.2, 0.25) is 0 Å². The van der Waals surface area contributed by atoms with E-state index >= 15 is 0 Å². The van der Waals surface area contributed by atoms with Gasteiger partial charge < -0.3 is 15.0 Å². The SMILES string of the molecule is Cc1cccc(C(=O)N[C@@H](CC(C)C)C(=O)N2CCOCC2)c1. The van der Waals surface area contributed by atoms with E-state index in [1.807, 2.05) is 25.1 Å². The molecule has 23 heavy (non-hydrogen) atoms. The number of rotatable bonds is 5. The molecule has 1 fully saturated rings. The number of nitrogens with zero attached hydrogens (tertiary/aromatic N) is 1. The zero-order valence-electron chi connectivity index (χ0n) is 14.2. The second kappa shape index (κ2) is 8.11. The number of ether oxygens (including phenoxy) is 1. The molecule has 1 N–H and O–H groups in total. The van der Waals surface area contributed by atoms with Crippen LogP contribution >= 0.6 is 0 Å². The lowest BCUT2D eigenvalue weighted by Gasteiger charge is -2.31. The van der Waals surface area contributed by atoms with Crippen molar-refractivity contribution in [2.24, 2.45) is 5.92 Å². The van der Waals surface area contributed by atoms with E-state index in [1.54, 1.807) is 11.0 Å². The minimum Gasteiger partial charge on any atom is -0.378 e. The second-order valence-corrected chi connectivity index (χ2v) is 6.46. The van der Waals surface area contributed by atoms with Gasteiger partial charge in [-0.3, -0.25) is 9.59 Å². The summed E-state index contributed by atoms with van der Waals surface area (Å²) in [5.41, 5.74) is 1.62. The fraction of sp³-hybridized carbons (Fsp3) is 0.556. The number of carbonyl (C=O) groups excluding carboxylic acids is 2. The predicted molar refractivity (Wildman–Crippen MR) is 89.3 cm³/mol. The molecule has 0 saturated carbocycles. The van der Waals surface area contributed by atoms with Gasteiger partial charge >= 0.3 is 0 Å². The van der Waals surface area contributed by atoms with Crippen LogP contribution in [0, 0.1) is 12.8 Å². The summed E-state index contributed by atoms with van der Waals surface area (Å²) >= 11 is 0. The van der Waals surface area contributed by atoms with Crippen molar-refractivity contribution < 1.29 is 14.3 Å². The average Bonchev–Trinajstić information content (AvgIpc) is 2.54. The van der Waals surface area contributed by atoms with Gasteiger partial charge in [0.25, 0.3) is 5.91 Å². The van der Waals surface area contributed by atoms with Crippen LogP contribution in [0.3, 0.4) is 0 Å². The van der Waals surface area contributed by atoms with Crippen molar-refractivity contribution in [2.45, 2.75) is 33.2 Å². The summed E-state index contributed by atoms with van der Waals surface area (Å²) in [6.45, 7) is 8.36. The molecule has 1 saturated heterocycles. The maximum absolute atomic E-state index is 12.7. The average molecular weight is 318 g/mol. The third-order valence-electron chi connectivity index (χ3n) is 3.91. The van der Waals surface area contributed by atoms with Crippen molar-refractivity contribution in [3.05, 3.63) is 35.4 Å². The fourth-order valence-corrected chi connectivity index (χ4v) is 2.72. The molecule has 0 spiro atoms. The van der Waals surface area contributed by atoms with E-state index in [1.165, 1.54) is 0 Å². The Hall–Kier alpha value is -1.88. The Morgan fingerprint density at radius 3 is 2.57 bits per heavy atom. The van der Waals surface area contributed by atoms with E-state index in [9.17, 15) is 9.59 Å². The van der Waals surface area contributed by atoms with Gasteiger partial charge in [0.05, 0.1) is 13.2 Å². The third kappa shape index (κ3) is 5.06. The highest BCUT2D eigenvalue weighted by molar-refractivity contribution is 5.97. The Balaban J connectivity index is 2.08. The van der Waals surface area contributed by atoms with Crippen LogP contribution in [-0.4, -0.2) is 49.1 Å². The van der Waals surface area contributed by atoms with Crippen LogP contribution < -0.4 is 5.32 Å². The van der Waals surface area contributed by atoms with Crippen molar-refractivity contribution in [3.8, 4) is 0 Å². The first-order valence-electron chi connectivity index (χ1n) is 8.21. The molecule has 5 nitrogen and oxygen atoms in total. The first-order valence-corrected chi connectivity index (χ1v) is 8.21. The van der Waals surface area contributed by atoms with Crippen molar-refractivity contribution in [1.82, 2.24) is 10.2 Å². The summed E-state index contributed by atoms with van der Waals surface area (Å²) in [5, 5.41) is 2.92. The first kappa shape index (κ1) is 17.5. The van der Waals surface area contributed by atoms with Crippen molar-refractivity contribution in [1.29, 1.82) is 0 Å². The second-order valence-electron chi connectivity index (χ2n) is 6.46. The van der Waals surface area contributed by atoms with Gasteiger partial charge in [0.15, 0.2) is 0 Å². The minimum atomic E-state index is -0.485. The Morgan fingerprint density at radius 1 is 1.26 bits per heavy atom. The van der Waals surface area contributed by atoms with Gasteiger partial charge in [-0.15, -0.1) is 0 Å². The van der Waals surface area contributed by atoms with Gasteiger partial charge in [-0.1, -0.05) is 31.5 Å². The smallest absolute Gasteiger partial charge is 0.251 e. The van der Waals surface area contributed by atoms with Gasteiger partial charge in [0.2, 0.25) is 5.91 Å². The fourth-order valence-electron chi connectivity index (χ4n) is 2.72. The molecular weight excluding hydrogens is 292 g/mol. The summed E-state index contributed by atoms with van der Waals surface area (Å²) in [5.74, 6) is 0.117. The maximum Gasteiger partial charge on any atom is 0.251 e. The monoisotopic (exact) mass is 318 g/mol. The number of hydrogen-bond acceptors (Lipinski definition) is 3. The highest BCUT2D eigenvalue weighted by atomic mass is 16.5. The van der Waals surface area contributed by atoms with E-state index in [-0.39, 0.29) is 11.8 Å². The molecule has 0 aliphatic carbocycles. The zero-order chi connectivity index (χ0) is 16.8. The lowest BCUT2D eigenvalue weighted by molar-refractivity contribution is -0.137. The van der Waals surface area contributed by atoms with Crippen molar-refractivity contribution in [2.75, 3.05) is 26.3 Å². The van der Waals surface area contributed by atoms with Crippen molar-refractivity contribution >= 4 is 11.8 Å². The molecular formula is C18H26N2O3. The molecule has 2 rings (SSSR count). The summed E-state index contributed by atoms with van der Waals surface area (Å²) in [7, 11) is 0. The molecule has 1 aliphatic rings. The van der Waals surface area contributed by atoms with Crippen LogP contribution in [0.15, 0.2) is 24.3 Å². The van der Waals surface area contributed by atoms with Crippen LogP contribution in [0.25, 0.3) is 0 Å².